The highest BCUT2D eigenvalue weighted by Gasteiger charge is 2.59. The molecule has 1 nitrogen and oxygen atoms in total. The van der Waals surface area contributed by atoms with Gasteiger partial charge in [0.1, 0.15) is 0 Å². The van der Waals surface area contributed by atoms with E-state index in [4.69, 9.17) is 4.74 Å². The van der Waals surface area contributed by atoms with Gasteiger partial charge < -0.3 is 4.74 Å². The third-order valence-electron chi connectivity index (χ3n) is 10.7. The Morgan fingerprint density at radius 3 is 2.58 bits per heavy atom. The summed E-state index contributed by atoms with van der Waals surface area (Å²) in [5.41, 5.74) is 2.83. The van der Waals surface area contributed by atoms with Crippen molar-refractivity contribution >= 4 is 15.9 Å². The van der Waals surface area contributed by atoms with Crippen molar-refractivity contribution in [2.75, 3.05) is 11.9 Å². The molecule has 4 aliphatic carbocycles. The van der Waals surface area contributed by atoms with Gasteiger partial charge in [0.2, 0.25) is 0 Å². The summed E-state index contributed by atoms with van der Waals surface area (Å²) in [7, 11) is 0. The summed E-state index contributed by atoms with van der Waals surface area (Å²) < 4.78 is 6.15. The molecule has 0 amide bonds. The Bertz CT molecular complexity index is 641. The number of rotatable bonds is 8. The summed E-state index contributed by atoms with van der Waals surface area (Å²) >= 11 is 3.53. The monoisotopic (exact) mass is 492 g/mol. The summed E-state index contributed by atoms with van der Waals surface area (Å²) in [6, 6.07) is 0. The normalized spacial score (nSPS) is 43.2. The molecule has 178 valence electrons. The van der Waals surface area contributed by atoms with Crippen molar-refractivity contribution < 1.29 is 4.74 Å². The summed E-state index contributed by atoms with van der Waals surface area (Å²) in [4.78, 5) is 0. The minimum atomic E-state index is 0.458. The Hall–Kier alpha value is 0.180. The van der Waals surface area contributed by atoms with E-state index in [0.717, 1.165) is 47.4 Å². The summed E-state index contributed by atoms with van der Waals surface area (Å²) in [5.74, 6) is 5.59. The van der Waals surface area contributed by atoms with E-state index in [1.165, 1.54) is 70.6 Å². The van der Waals surface area contributed by atoms with Crippen LogP contribution in [0.3, 0.4) is 0 Å². The molecule has 0 aromatic carbocycles. The van der Waals surface area contributed by atoms with Crippen LogP contribution in [0.2, 0.25) is 0 Å². The van der Waals surface area contributed by atoms with Gasteiger partial charge in [0.05, 0.1) is 12.7 Å². The average Bonchev–Trinajstić information content (AvgIpc) is 3.09. The van der Waals surface area contributed by atoms with Crippen LogP contribution in [0.25, 0.3) is 0 Å². The van der Waals surface area contributed by atoms with E-state index < -0.39 is 0 Å². The van der Waals surface area contributed by atoms with Gasteiger partial charge in [0.15, 0.2) is 0 Å². The minimum Gasteiger partial charge on any atom is -0.377 e. The Morgan fingerprint density at radius 1 is 1.03 bits per heavy atom. The maximum Gasteiger partial charge on any atom is 0.0613 e. The van der Waals surface area contributed by atoms with Crippen molar-refractivity contribution in [3.8, 4) is 0 Å². The zero-order valence-corrected chi connectivity index (χ0v) is 22.7. The van der Waals surface area contributed by atoms with Crippen LogP contribution in [0.5, 0.6) is 0 Å². The molecule has 31 heavy (non-hydrogen) atoms. The first-order chi connectivity index (χ1) is 14.8. The maximum absolute atomic E-state index is 6.15. The molecule has 0 saturated heterocycles. The van der Waals surface area contributed by atoms with Gasteiger partial charge in [-0.15, -0.1) is 0 Å². The lowest BCUT2D eigenvalue weighted by molar-refractivity contribution is -0.0628. The molecule has 3 saturated carbocycles. The van der Waals surface area contributed by atoms with Gasteiger partial charge in [-0.1, -0.05) is 81.5 Å². The molecule has 3 unspecified atom stereocenters. The highest BCUT2D eigenvalue weighted by atomic mass is 79.9. The van der Waals surface area contributed by atoms with Crippen molar-refractivity contribution in [1.82, 2.24) is 0 Å². The molecule has 0 aromatic rings. The van der Waals surface area contributed by atoms with E-state index >= 15 is 0 Å². The predicted octanol–water partition coefficient (Wildman–Crippen LogP) is 8.81. The number of hydrogen-bond donors (Lipinski definition) is 0. The molecule has 4 rings (SSSR count). The molecule has 0 aliphatic heterocycles. The Balaban J connectivity index is 1.45. The molecule has 8 atom stereocenters. The smallest absolute Gasteiger partial charge is 0.0613 e. The Kier molecular flexibility index (Phi) is 7.69. The van der Waals surface area contributed by atoms with E-state index in [1.807, 2.05) is 0 Å². The molecule has 0 heterocycles. The molecule has 0 radical (unpaired) electrons. The van der Waals surface area contributed by atoms with Crippen LogP contribution in [0.1, 0.15) is 105 Å². The molecular weight excluding hydrogens is 444 g/mol. The minimum absolute atomic E-state index is 0.458. The quantitative estimate of drug-likeness (QED) is 0.242. The fourth-order valence-corrected chi connectivity index (χ4v) is 9.19. The van der Waals surface area contributed by atoms with Crippen LogP contribution >= 0.6 is 15.9 Å². The number of alkyl halides is 1. The van der Waals surface area contributed by atoms with E-state index in [-0.39, 0.29) is 0 Å². The van der Waals surface area contributed by atoms with Gasteiger partial charge in [-0.25, -0.2) is 0 Å². The van der Waals surface area contributed by atoms with Crippen molar-refractivity contribution in [2.24, 2.45) is 46.3 Å². The van der Waals surface area contributed by atoms with Crippen LogP contribution in [0.15, 0.2) is 11.6 Å². The van der Waals surface area contributed by atoms with Crippen molar-refractivity contribution in [3.63, 3.8) is 0 Å². The van der Waals surface area contributed by atoms with E-state index in [2.05, 4.69) is 56.6 Å². The highest BCUT2D eigenvalue weighted by molar-refractivity contribution is 9.09. The van der Waals surface area contributed by atoms with Gasteiger partial charge in [-0.3, -0.25) is 0 Å². The summed E-state index contributed by atoms with van der Waals surface area (Å²) in [6.45, 7) is 13.6. The SMILES string of the molecule is CC(C)CCC[C@H](C)[C@@H]1CCC2C3CC=C4C[C@H](OCCBr)CC[C@@]4(C)C3CC[C@]21C. The summed E-state index contributed by atoms with van der Waals surface area (Å²) in [6.07, 6.45) is 18.6. The Morgan fingerprint density at radius 2 is 1.84 bits per heavy atom. The average molecular weight is 494 g/mol. The van der Waals surface area contributed by atoms with Crippen molar-refractivity contribution in [2.45, 2.75) is 111 Å². The van der Waals surface area contributed by atoms with Gasteiger partial charge in [-0.05, 0) is 97.7 Å². The largest absolute Gasteiger partial charge is 0.377 e. The molecular formula is C29H49BrO. The van der Waals surface area contributed by atoms with Crippen molar-refractivity contribution in [1.29, 1.82) is 0 Å². The molecule has 3 fully saturated rings. The molecule has 0 aromatic heterocycles. The molecule has 4 aliphatic rings. The Labute approximate surface area is 201 Å². The van der Waals surface area contributed by atoms with Crippen LogP contribution in [-0.2, 0) is 4.74 Å². The lowest BCUT2D eigenvalue weighted by Gasteiger charge is -2.58. The molecule has 0 spiro atoms. The standard InChI is InChI=1S/C29H49BrO/c1-20(2)7-6-8-21(3)25-11-12-26-24-10-9-22-19-23(31-18-17-30)13-15-28(22,4)27(24)14-16-29(25,26)5/h9,20-21,23-27H,6-8,10-19H2,1-5H3/t21-,23+,24?,25-,26?,27?,28+,29-/m0/s1. The van der Waals surface area contributed by atoms with Crippen molar-refractivity contribution in [3.05, 3.63) is 11.6 Å². The van der Waals surface area contributed by atoms with Crippen LogP contribution in [0.4, 0.5) is 0 Å². The topological polar surface area (TPSA) is 9.23 Å². The lowest BCUT2D eigenvalue weighted by Crippen LogP contribution is -2.51. The zero-order chi connectivity index (χ0) is 22.2. The second kappa shape index (κ2) is 9.81. The number of fused-ring (bicyclic) bond motifs is 5. The fourth-order valence-electron chi connectivity index (χ4n) is 9.01. The van der Waals surface area contributed by atoms with Gasteiger partial charge in [-0.2, -0.15) is 0 Å². The predicted molar refractivity (Wildman–Crippen MR) is 137 cm³/mol. The molecule has 0 N–H and O–H groups in total. The third-order valence-corrected chi connectivity index (χ3v) is 11.0. The second-order valence-electron chi connectivity index (χ2n) is 12.7. The summed E-state index contributed by atoms with van der Waals surface area (Å²) in [5, 5.41) is 0.960. The number of hydrogen-bond acceptors (Lipinski definition) is 1. The van der Waals surface area contributed by atoms with Crippen LogP contribution in [0, 0.1) is 46.3 Å². The highest BCUT2D eigenvalue weighted by Crippen LogP contribution is 2.67. The number of allylic oxidation sites excluding steroid dienone is 1. The van der Waals surface area contributed by atoms with Crippen LogP contribution < -0.4 is 0 Å². The molecule has 0 bridgehead atoms. The van der Waals surface area contributed by atoms with Gasteiger partial charge in [0, 0.05) is 5.33 Å². The van der Waals surface area contributed by atoms with E-state index in [1.54, 1.807) is 5.57 Å². The van der Waals surface area contributed by atoms with E-state index in [0.29, 0.717) is 16.9 Å². The molecule has 2 heteroatoms. The third kappa shape index (κ3) is 4.60. The van der Waals surface area contributed by atoms with Crippen LogP contribution in [-0.4, -0.2) is 18.0 Å². The first kappa shape index (κ1) is 24.3. The van der Waals surface area contributed by atoms with E-state index in [9.17, 15) is 0 Å². The first-order valence-corrected chi connectivity index (χ1v) is 14.8. The zero-order valence-electron chi connectivity index (χ0n) is 21.1. The lowest BCUT2D eigenvalue weighted by atomic mass is 9.47. The van der Waals surface area contributed by atoms with Gasteiger partial charge in [0.25, 0.3) is 0 Å². The second-order valence-corrected chi connectivity index (χ2v) is 13.5. The maximum atomic E-state index is 6.15. The number of halogens is 1. The first-order valence-electron chi connectivity index (χ1n) is 13.7. The number of ether oxygens (including phenoxy) is 1. The fraction of sp³-hybridized carbons (Fsp3) is 0.931. The van der Waals surface area contributed by atoms with Gasteiger partial charge >= 0.3 is 0 Å².